The van der Waals surface area contributed by atoms with Gasteiger partial charge in [-0.25, -0.2) is 9.18 Å². The summed E-state index contributed by atoms with van der Waals surface area (Å²) in [4.78, 5) is 18.9. The first-order chi connectivity index (χ1) is 19.3. The molecule has 0 fully saturated rings. The van der Waals surface area contributed by atoms with E-state index in [9.17, 15) is 23.1 Å². The van der Waals surface area contributed by atoms with E-state index in [1.807, 2.05) is 13.8 Å². The molecule has 41 heavy (non-hydrogen) atoms. The van der Waals surface area contributed by atoms with Crippen molar-refractivity contribution in [2.75, 3.05) is 22.1 Å². The number of nitrogens with one attached hydrogen (secondary N) is 2. The summed E-state index contributed by atoms with van der Waals surface area (Å²) in [5.41, 5.74) is 2.00. The van der Waals surface area contributed by atoms with E-state index in [2.05, 4.69) is 20.4 Å². The Labute approximate surface area is 237 Å². The highest BCUT2D eigenvalue weighted by Gasteiger charge is 2.42. The van der Waals surface area contributed by atoms with Crippen LogP contribution in [0.2, 0.25) is 5.02 Å². The fraction of sp³-hybridized carbons (Fsp3) is 0.172. The van der Waals surface area contributed by atoms with Crippen molar-refractivity contribution < 1.29 is 32.2 Å². The molecule has 0 bridgehead atoms. The Morgan fingerprint density at radius 3 is 2.44 bits per heavy atom. The Kier molecular flexibility index (Phi) is 7.16. The van der Waals surface area contributed by atoms with E-state index in [-0.39, 0.29) is 17.0 Å². The molecule has 0 radical (unpaired) electrons. The van der Waals surface area contributed by atoms with Crippen LogP contribution in [0.5, 0.6) is 11.5 Å². The maximum absolute atomic E-state index is 15.3. The number of urea groups is 1. The molecule has 3 N–H and O–H groups in total. The molecule has 1 aromatic heterocycles. The van der Waals surface area contributed by atoms with Crippen LogP contribution in [0.4, 0.5) is 45.1 Å². The maximum Gasteiger partial charge on any atom is 0.573 e. The number of aromatic hydroxyl groups is 1. The molecule has 4 aromatic rings. The first-order valence-corrected chi connectivity index (χ1v) is 12.7. The number of nitrogens with zero attached hydrogens (tertiary/aromatic N) is 2. The van der Waals surface area contributed by atoms with Gasteiger partial charge in [-0.05, 0) is 54.1 Å². The number of hydrogen-bond donors (Lipinski definition) is 3. The smallest absolute Gasteiger partial charge is 0.506 e. The number of ether oxygens (including phenoxy) is 1. The molecule has 2 heterocycles. The molecule has 0 saturated carbocycles. The van der Waals surface area contributed by atoms with Gasteiger partial charge < -0.3 is 25.4 Å². The largest absolute Gasteiger partial charge is 0.573 e. The molecule has 12 heteroatoms. The highest BCUT2D eigenvalue weighted by molar-refractivity contribution is 6.30. The van der Waals surface area contributed by atoms with Gasteiger partial charge in [0.1, 0.15) is 17.3 Å². The predicted molar refractivity (Wildman–Crippen MR) is 149 cm³/mol. The predicted octanol–water partition coefficient (Wildman–Crippen LogP) is 8.22. The van der Waals surface area contributed by atoms with Crippen LogP contribution < -0.4 is 20.3 Å². The fourth-order valence-electron chi connectivity index (χ4n) is 4.93. The number of alkyl halides is 3. The summed E-state index contributed by atoms with van der Waals surface area (Å²) < 4.78 is 56.5. The number of rotatable bonds is 5. The van der Waals surface area contributed by atoms with Gasteiger partial charge in [0.25, 0.3) is 0 Å². The van der Waals surface area contributed by atoms with Gasteiger partial charge in [0.15, 0.2) is 0 Å². The molecular formula is C29H23ClF4N4O3. The molecule has 0 unspecified atom stereocenters. The van der Waals surface area contributed by atoms with E-state index >= 15 is 4.39 Å². The van der Waals surface area contributed by atoms with Gasteiger partial charge >= 0.3 is 12.4 Å². The molecule has 1 aliphatic heterocycles. The van der Waals surface area contributed by atoms with Crippen LogP contribution in [0, 0.1) is 5.82 Å². The van der Waals surface area contributed by atoms with E-state index in [1.54, 1.807) is 41.3 Å². The van der Waals surface area contributed by atoms with Crippen LogP contribution in [0.3, 0.4) is 0 Å². The number of phenols is 1. The Morgan fingerprint density at radius 1 is 1.07 bits per heavy atom. The second kappa shape index (κ2) is 10.5. The normalized spacial score (nSPS) is 14.0. The molecule has 0 aliphatic carbocycles. The van der Waals surface area contributed by atoms with Gasteiger partial charge in [0.05, 0.1) is 27.8 Å². The number of carbonyl (C=O) groups is 1. The third-order valence-electron chi connectivity index (χ3n) is 6.50. The number of pyridine rings is 1. The van der Waals surface area contributed by atoms with Crippen LogP contribution in [0.25, 0.3) is 11.3 Å². The monoisotopic (exact) mass is 586 g/mol. The molecule has 7 nitrogen and oxygen atoms in total. The fourth-order valence-corrected chi connectivity index (χ4v) is 5.04. The van der Waals surface area contributed by atoms with Crippen LogP contribution in [0.1, 0.15) is 19.4 Å². The first-order valence-electron chi connectivity index (χ1n) is 12.3. The van der Waals surface area contributed by atoms with Gasteiger partial charge in [-0.15, -0.1) is 13.2 Å². The molecule has 0 saturated heterocycles. The summed E-state index contributed by atoms with van der Waals surface area (Å²) in [7, 11) is 0. The van der Waals surface area contributed by atoms with E-state index in [0.717, 1.165) is 18.2 Å². The Balaban J connectivity index is 1.46. The number of aromatic nitrogens is 1. The third-order valence-corrected chi connectivity index (χ3v) is 6.73. The summed E-state index contributed by atoms with van der Waals surface area (Å²) in [6.45, 7) is 4.17. The molecule has 212 valence electrons. The van der Waals surface area contributed by atoms with Gasteiger partial charge in [-0.3, -0.25) is 4.98 Å². The number of para-hydroxylation sites is 2. The van der Waals surface area contributed by atoms with E-state index < -0.39 is 29.4 Å². The topological polar surface area (TPSA) is 86.7 Å². The zero-order valence-corrected chi connectivity index (χ0v) is 22.4. The quantitative estimate of drug-likeness (QED) is 0.205. The Hall–Kier alpha value is -4.51. The molecule has 0 spiro atoms. The van der Waals surface area contributed by atoms with Crippen molar-refractivity contribution >= 4 is 40.4 Å². The van der Waals surface area contributed by atoms with Crippen LogP contribution >= 0.6 is 11.6 Å². The van der Waals surface area contributed by atoms with Gasteiger partial charge in [-0.1, -0.05) is 37.6 Å². The van der Waals surface area contributed by atoms with Gasteiger partial charge in [0, 0.05) is 35.5 Å². The van der Waals surface area contributed by atoms with Gasteiger partial charge in [-0.2, -0.15) is 0 Å². The lowest BCUT2D eigenvalue weighted by atomic mass is 9.82. The molecule has 0 atom stereocenters. The average molecular weight is 587 g/mol. The number of phenolic OH excluding ortho intramolecular Hbond substituents is 1. The van der Waals surface area contributed by atoms with E-state index in [0.29, 0.717) is 39.9 Å². The number of benzene rings is 3. The van der Waals surface area contributed by atoms with Crippen LogP contribution in [-0.4, -0.2) is 29.0 Å². The molecule has 5 rings (SSSR count). The minimum absolute atomic E-state index is 0.232. The summed E-state index contributed by atoms with van der Waals surface area (Å²) in [5, 5.41) is 16.7. The van der Waals surface area contributed by atoms with Crippen LogP contribution in [0.15, 0.2) is 72.9 Å². The lowest BCUT2D eigenvalue weighted by molar-refractivity contribution is -0.274. The molecule has 3 aromatic carbocycles. The Bertz CT molecular complexity index is 1610. The SMILES string of the molecule is CC1(C)CN(c2ccccc2NC(=O)Nc2ccc(OC(F)(F)F)cc2)c2c(O)cc(F)c(-c3ccc(Cl)cn3)c21. The molecule has 2 amide bonds. The average Bonchev–Trinajstić information content (AvgIpc) is 3.17. The van der Waals surface area contributed by atoms with Crippen molar-refractivity contribution in [1.82, 2.24) is 4.98 Å². The minimum atomic E-state index is -4.83. The number of fused-ring (bicyclic) bond motifs is 1. The first kappa shape index (κ1) is 28.0. The maximum atomic E-state index is 15.3. The van der Waals surface area contributed by atoms with Crippen molar-refractivity contribution in [2.24, 2.45) is 0 Å². The standard InChI is InChI=1S/C29H23ClF4N4O3/c1-28(2)15-38(26-23(39)13-19(31)24(25(26)28)21-12-7-16(30)14-35-21)22-6-4-3-5-20(22)37-27(40)36-17-8-10-18(11-9-17)41-29(32,33)34/h3-14,39H,15H2,1-2H3,(H2,36,37,40). The second-order valence-corrected chi connectivity index (χ2v) is 10.4. The lowest BCUT2D eigenvalue weighted by Gasteiger charge is -2.25. The lowest BCUT2D eigenvalue weighted by Crippen LogP contribution is -2.27. The van der Waals surface area contributed by atoms with Crippen molar-refractivity contribution in [1.29, 1.82) is 0 Å². The summed E-state index contributed by atoms with van der Waals surface area (Å²) in [6.07, 6.45) is -3.41. The molecule has 1 aliphatic rings. The third kappa shape index (κ3) is 5.85. The number of carbonyl (C=O) groups excluding carboxylic acids is 1. The number of hydrogen-bond acceptors (Lipinski definition) is 5. The highest BCUT2D eigenvalue weighted by atomic mass is 35.5. The second-order valence-electron chi connectivity index (χ2n) is 9.98. The minimum Gasteiger partial charge on any atom is -0.506 e. The van der Waals surface area contributed by atoms with Crippen molar-refractivity contribution in [3.8, 4) is 22.8 Å². The summed E-state index contributed by atoms with van der Waals surface area (Å²) >= 11 is 5.99. The molecular weight excluding hydrogens is 564 g/mol. The number of amides is 2. The van der Waals surface area contributed by atoms with Crippen LogP contribution in [-0.2, 0) is 5.41 Å². The van der Waals surface area contributed by atoms with Crippen molar-refractivity contribution in [2.45, 2.75) is 25.6 Å². The van der Waals surface area contributed by atoms with Crippen molar-refractivity contribution in [3.05, 3.63) is 89.3 Å². The Morgan fingerprint density at radius 2 is 1.78 bits per heavy atom. The van der Waals surface area contributed by atoms with E-state index in [4.69, 9.17) is 11.6 Å². The number of anilines is 4. The van der Waals surface area contributed by atoms with Crippen molar-refractivity contribution in [3.63, 3.8) is 0 Å². The zero-order chi connectivity index (χ0) is 29.5. The highest BCUT2D eigenvalue weighted by Crippen LogP contribution is 2.54. The number of halogens is 5. The van der Waals surface area contributed by atoms with E-state index in [1.165, 1.54) is 18.3 Å². The van der Waals surface area contributed by atoms with Gasteiger partial charge in [0.2, 0.25) is 0 Å². The summed E-state index contributed by atoms with van der Waals surface area (Å²) in [6, 6.07) is 15.2. The zero-order valence-electron chi connectivity index (χ0n) is 21.7. The summed E-state index contributed by atoms with van der Waals surface area (Å²) in [5.74, 6) is -1.34.